The molecule has 0 amide bonds. The van der Waals surface area contributed by atoms with E-state index in [0.29, 0.717) is 0 Å². The van der Waals surface area contributed by atoms with Crippen LogP contribution in [-0.4, -0.2) is 17.5 Å². The molecule has 3 nitrogen and oxygen atoms in total. The van der Waals surface area contributed by atoms with Gasteiger partial charge in [0.15, 0.2) is 0 Å². The standard InChI is InChI=1S/C18H18N2OSSi/c1-13-6-7-17-16(10-13)19-18(22-17)23(3,20-8-4-5-9-20)15-11-14(2)21-12-15/h4-12H,1-3H3. The van der Waals surface area contributed by atoms with Gasteiger partial charge in [0.25, 0.3) is 8.24 Å². The summed E-state index contributed by atoms with van der Waals surface area (Å²) in [6, 6.07) is 12.8. The second-order valence-corrected chi connectivity index (χ2v) is 11.2. The Morgan fingerprint density at radius 2 is 1.91 bits per heavy atom. The van der Waals surface area contributed by atoms with Crippen molar-refractivity contribution in [3.8, 4) is 0 Å². The molecule has 0 spiro atoms. The summed E-state index contributed by atoms with van der Waals surface area (Å²) in [4.78, 5) is 5.01. The Balaban J connectivity index is 1.97. The van der Waals surface area contributed by atoms with Gasteiger partial charge in [0.1, 0.15) is 10.4 Å². The van der Waals surface area contributed by atoms with Crippen LogP contribution in [-0.2, 0) is 0 Å². The quantitative estimate of drug-likeness (QED) is 0.535. The fourth-order valence-corrected chi connectivity index (χ4v) is 8.10. The van der Waals surface area contributed by atoms with Crippen LogP contribution in [0.15, 0.2) is 59.5 Å². The van der Waals surface area contributed by atoms with Crippen LogP contribution in [0.1, 0.15) is 11.3 Å². The first-order valence-electron chi connectivity index (χ1n) is 7.64. The van der Waals surface area contributed by atoms with Crippen LogP contribution in [0.4, 0.5) is 0 Å². The van der Waals surface area contributed by atoms with Crippen molar-refractivity contribution in [2.24, 2.45) is 0 Å². The van der Waals surface area contributed by atoms with E-state index < -0.39 is 8.24 Å². The van der Waals surface area contributed by atoms with Crippen LogP contribution >= 0.6 is 11.3 Å². The third-order valence-corrected chi connectivity index (χ3v) is 10.4. The van der Waals surface area contributed by atoms with E-state index in [1.807, 2.05) is 13.2 Å². The van der Waals surface area contributed by atoms with E-state index in [1.165, 1.54) is 20.1 Å². The van der Waals surface area contributed by atoms with E-state index in [9.17, 15) is 0 Å². The zero-order valence-corrected chi connectivity index (χ0v) is 15.2. The van der Waals surface area contributed by atoms with Gasteiger partial charge >= 0.3 is 0 Å². The molecule has 1 aromatic carbocycles. The minimum Gasteiger partial charge on any atom is -0.470 e. The number of hydrogen-bond acceptors (Lipinski definition) is 3. The Hall–Kier alpha value is -2.11. The van der Waals surface area contributed by atoms with Gasteiger partial charge in [-0.25, -0.2) is 4.98 Å². The molecule has 4 aromatic rings. The summed E-state index contributed by atoms with van der Waals surface area (Å²) in [6.45, 7) is 6.44. The van der Waals surface area contributed by atoms with Crippen LogP contribution in [0.5, 0.6) is 0 Å². The van der Waals surface area contributed by atoms with Gasteiger partial charge < -0.3 is 8.65 Å². The minimum absolute atomic E-state index is 0.947. The molecule has 1 unspecified atom stereocenters. The van der Waals surface area contributed by atoms with E-state index in [1.54, 1.807) is 11.3 Å². The minimum atomic E-state index is -2.17. The van der Waals surface area contributed by atoms with Crippen molar-refractivity contribution in [2.75, 3.05) is 0 Å². The molecule has 3 heterocycles. The molecule has 0 aliphatic rings. The molecule has 0 aliphatic carbocycles. The molecule has 0 fully saturated rings. The lowest BCUT2D eigenvalue weighted by atomic mass is 10.2. The number of hydrogen-bond donors (Lipinski definition) is 0. The molecule has 4 rings (SSSR count). The normalized spacial score (nSPS) is 14.2. The highest BCUT2D eigenvalue weighted by atomic mass is 32.1. The first-order chi connectivity index (χ1) is 11.1. The Morgan fingerprint density at radius 3 is 2.61 bits per heavy atom. The molecule has 0 aliphatic heterocycles. The molecule has 3 aromatic heterocycles. The van der Waals surface area contributed by atoms with Gasteiger partial charge in [0.2, 0.25) is 0 Å². The van der Waals surface area contributed by atoms with Gasteiger partial charge in [-0.15, -0.1) is 11.3 Å². The predicted octanol–water partition coefficient (Wildman–Crippen LogP) is 3.55. The maximum atomic E-state index is 5.62. The summed E-state index contributed by atoms with van der Waals surface area (Å²) in [6.07, 6.45) is 6.19. The third kappa shape index (κ3) is 2.27. The van der Waals surface area contributed by atoms with Crippen LogP contribution in [0.2, 0.25) is 6.55 Å². The number of rotatable bonds is 3. The average Bonchev–Trinajstić information content (AvgIpc) is 3.26. The van der Waals surface area contributed by atoms with Crippen molar-refractivity contribution in [2.45, 2.75) is 20.4 Å². The lowest BCUT2D eigenvalue weighted by Gasteiger charge is -2.25. The van der Waals surface area contributed by atoms with Gasteiger partial charge in [-0.2, -0.15) is 0 Å². The highest BCUT2D eigenvalue weighted by Crippen LogP contribution is 2.22. The molecule has 0 saturated heterocycles. The monoisotopic (exact) mass is 338 g/mol. The van der Waals surface area contributed by atoms with Crippen LogP contribution in [0.3, 0.4) is 0 Å². The van der Waals surface area contributed by atoms with Crippen molar-refractivity contribution in [3.05, 3.63) is 66.4 Å². The van der Waals surface area contributed by atoms with Gasteiger partial charge in [-0.05, 0) is 68.7 Å². The number of fused-ring (bicyclic) bond motifs is 1. The molecule has 116 valence electrons. The summed E-state index contributed by atoms with van der Waals surface area (Å²) in [5.74, 6) is 0.947. The van der Waals surface area contributed by atoms with Gasteiger partial charge in [0.05, 0.1) is 16.5 Å². The summed E-state index contributed by atoms with van der Waals surface area (Å²) < 4.78 is 10.4. The predicted molar refractivity (Wildman–Crippen MR) is 98.5 cm³/mol. The fraction of sp³-hybridized carbons (Fsp3) is 0.167. The zero-order valence-electron chi connectivity index (χ0n) is 13.4. The van der Waals surface area contributed by atoms with E-state index in [2.05, 4.69) is 66.5 Å². The van der Waals surface area contributed by atoms with E-state index in [4.69, 9.17) is 9.40 Å². The van der Waals surface area contributed by atoms with E-state index in [0.717, 1.165) is 11.3 Å². The first-order valence-corrected chi connectivity index (χ1v) is 10.9. The average molecular weight is 339 g/mol. The molecular formula is C18H18N2OSSi. The van der Waals surface area contributed by atoms with E-state index >= 15 is 0 Å². The molecule has 1 atom stereocenters. The summed E-state index contributed by atoms with van der Waals surface area (Å²) in [7, 11) is -2.17. The Morgan fingerprint density at radius 1 is 1.13 bits per heavy atom. The highest BCUT2D eigenvalue weighted by molar-refractivity contribution is 7.32. The van der Waals surface area contributed by atoms with Gasteiger partial charge in [0, 0.05) is 5.19 Å². The molecule has 0 saturated carbocycles. The maximum Gasteiger partial charge on any atom is 0.256 e. The van der Waals surface area contributed by atoms with Gasteiger partial charge in [-0.3, -0.25) is 0 Å². The van der Waals surface area contributed by atoms with Crippen molar-refractivity contribution in [1.82, 2.24) is 9.22 Å². The number of thiazole rings is 1. The number of aryl methyl sites for hydroxylation is 2. The molecule has 0 bridgehead atoms. The van der Waals surface area contributed by atoms with Crippen LogP contribution in [0.25, 0.3) is 10.2 Å². The zero-order chi connectivity index (χ0) is 16.0. The number of benzene rings is 1. The Bertz CT molecular complexity index is 970. The fourth-order valence-electron chi connectivity index (χ4n) is 2.96. The first kappa shape index (κ1) is 14.5. The van der Waals surface area contributed by atoms with Crippen LogP contribution in [0, 0.1) is 13.8 Å². The summed E-state index contributed by atoms with van der Waals surface area (Å²) in [5.41, 5.74) is 2.34. The SMILES string of the molecule is Cc1ccc2sc([Si](C)(c3coc(C)c3)n3cccc3)nc2c1. The Labute approximate surface area is 140 Å². The summed E-state index contributed by atoms with van der Waals surface area (Å²) in [5, 5.41) is 1.25. The molecule has 0 N–H and O–H groups in total. The lowest BCUT2D eigenvalue weighted by molar-refractivity contribution is 0.535. The molecule has 0 radical (unpaired) electrons. The maximum absolute atomic E-state index is 5.62. The second kappa shape index (κ2) is 5.21. The third-order valence-electron chi connectivity index (χ3n) is 4.37. The number of aromatic nitrogens is 2. The van der Waals surface area contributed by atoms with Crippen molar-refractivity contribution in [1.29, 1.82) is 0 Å². The van der Waals surface area contributed by atoms with Crippen molar-refractivity contribution < 1.29 is 4.42 Å². The van der Waals surface area contributed by atoms with Crippen LogP contribution < -0.4 is 9.82 Å². The van der Waals surface area contributed by atoms with E-state index in [-0.39, 0.29) is 0 Å². The molecular weight excluding hydrogens is 320 g/mol. The highest BCUT2D eigenvalue weighted by Gasteiger charge is 2.39. The molecule has 5 heteroatoms. The van der Waals surface area contributed by atoms with Crippen molar-refractivity contribution in [3.63, 3.8) is 0 Å². The smallest absolute Gasteiger partial charge is 0.256 e. The second-order valence-electron chi connectivity index (χ2n) is 6.10. The largest absolute Gasteiger partial charge is 0.470 e. The molecule has 23 heavy (non-hydrogen) atoms. The lowest BCUT2D eigenvalue weighted by Crippen LogP contribution is -2.61. The topological polar surface area (TPSA) is 31.0 Å². The summed E-state index contributed by atoms with van der Waals surface area (Å²) >= 11 is 1.80. The van der Waals surface area contributed by atoms with Crippen molar-refractivity contribution >= 4 is 39.6 Å². The Kier molecular flexibility index (Phi) is 3.28. The number of nitrogens with zero attached hydrogens (tertiary/aromatic N) is 2. The van der Waals surface area contributed by atoms with Gasteiger partial charge in [-0.1, -0.05) is 6.07 Å². The number of furan rings is 1.